The summed E-state index contributed by atoms with van der Waals surface area (Å²) >= 11 is 3.52. The van der Waals surface area contributed by atoms with Crippen molar-refractivity contribution in [2.24, 2.45) is 0 Å². The number of likely N-dealkylation sites (N-methyl/N-ethyl adjacent to an activating group) is 1. The van der Waals surface area contributed by atoms with Crippen molar-refractivity contribution in [2.75, 3.05) is 20.1 Å². The van der Waals surface area contributed by atoms with E-state index in [4.69, 9.17) is 0 Å². The lowest BCUT2D eigenvalue weighted by molar-refractivity contribution is 0.0864. The van der Waals surface area contributed by atoms with Crippen molar-refractivity contribution in [3.63, 3.8) is 0 Å². The van der Waals surface area contributed by atoms with Gasteiger partial charge in [-0.3, -0.25) is 9.88 Å². The van der Waals surface area contributed by atoms with Gasteiger partial charge in [0.1, 0.15) is 0 Å². The quantitative estimate of drug-likeness (QED) is 0.875. The van der Waals surface area contributed by atoms with Crippen LogP contribution in [-0.4, -0.2) is 41.6 Å². The molecular weight excluding hydrogens is 326 g/mol. The van der Waals surface area contributed by atoms with Crippen molar-refractivity contribution in [1.29, 1.82) is 0 Å². The molecule has 1 atom stereocenters. The summed E-state index contributed by atoms with van der Waals surface area (Å²) in [7, 11) is 2.08. The van der Waals surface area contributed by atoms with Crippen LogP contribution in [0.4, 0.5) is 0 Å². The summed E-state index contributed by atoms with van der Waals surface area (Å²) in [6.07, 6.45) is 10.3. The molecule has 118 valence electrons. The van der Waals surface area contributed by atoms with Crippen molar-refractivity contribution >= 4 is 15.9 Å². The van der Waals surface area contributed by atoms with Crippen molar-refractivity contribution in [3.05, 3.63) is 28.5 Å². The average molecular weight is 354 g/mol. The van der Waals surface area contributed by atoms with Crippen LogP contribution in [0.2, 0.25) is 0 Å². The molecule has 0 saturated carbocycles. The van der Waals surface area contributed by atoms with Gasteiger partial charge < -0.3 is 5.32 Å². The Bertz CT molecular complexity index is 439. The molecule has 1 fully saturated rings. The minimum absolute atomic E-state index is 0.154. The fourth-order valence-corrected chi connectivity index (χ4v) is 3.79. The smallest absolute Gasteiger partial charge is 0.0410 e. The average Bonchev–Trinajstić information content (AvgIpc) is 2.74. The molecule has 2 heterocycles. The first kappa shape index (κ1) is 16.9. The molecule has 1 unspecified atom stereocenters. The van der Waals surface area contributed by atoms with E-state index < -0.39 is 0 Å². The zero-order valence-corrected chi connectivity index (χ0v) is 15.1. The first-order chi connectivity index (χ1) is 10.0. The number of likely N-dealkylation sites (tertiary alicyclic amines) is 1. The van der Waals surface area contributed by atoms with Gasteiger partial charge in [-0.25, -0.2) is 0 Å². The number of pyridine rings is 1. The van der Waals surface area contributed by atoms with Crippen molar-refractivity contribution in [3.8, 4) is 0 Å². The maximum absolute atomic E-state index is 4.29. The van der Waals surface area contributed by atoms with Gasteiger partial charge >= 0.3 is 0 Å². The Hall–Kier alpha value is -0.450. The summed E-state index contributed by atoms with van der Waals surface area (Å²) in [5.74, 6) is 0. The van der Waals surface area contributed by atoms with Crippen molar-refractivity contribution < 1.29 is 0 Å². The second kappa shape index (κ2) is 7.70. The third kappa shape index (κ3) is 4.51. The van der Waals surface area contributed by atoms with Crippen LogP contribution >= 0.6 is 15.9 Å². The highest BCUT2D eigenvalue weighted by atomic mass is 79.9. The van der Waals surface area contributed by atoms with E-state index in [2.05, 4.69) is 58.1 Å². The number of hydrogen-bond donors (Lipinski definition) is 1. The minimum Gasteiger partial charge on any atom is -0.315 e. The van der Waals surface area contributed by atoms with Gasteiger partial charge in [-0.05, 0) is 80.8 Å². The molecule has 21 heavy (non-hydrogen) atoms. The first-order valence-corrected chi connectivity index (χ1v) is 8.85. The molecule has 0 radical (unpaired) electrons. The van der Waals surface area contributed by atoms with Gasteiger partial charge in [0.2, 0.25) is 0 Å². The zero-order valence-electron chi connectivity index (χ0n) is 13.5. The molecule has 1 aliphatic rings. The predicted molar refractivity (Wildman–Crippen MR) is 92.6 cm³/mol. The lowest BCUT2D eigenvalue weighted by Gasteiger charge is -2.44. The van der Waals surface area contributed by atoms with E-state index in [1.165, 1.54) is 44.3 Å². The van der Waals surface area contributed by atoms with E-state index in [-0.39, 0.29) is 5.54 Å². The Morgan fingerprint density at radius 3 is 2.48 bits per heavy atom. The fourth-order valence-electron chi connectivity index (χ4n) is 3.38. The molecule has 0 aliphatic carbocycles. The van der Waals surface area contributed by atoms with Crippen LogP contribution in [-0.2, 0) is 6.42 Å². The molecule has 4 heteroatoms. The Kier molecular flexibility index (Phi) is 6.20. The summed E-state index contributed by atoms with van der Waals surface area (Å²) in [6.45, 7) is 7.21. The van der Waals surface area contributed by atoms with Crippen LogP contribution in [0, 0.1) is 0 Å². The molecule has 1 aromatic heterocycles. The SMILES string of the molecule is CNC(Cc1cncc(Br)c1)C(C)(C)N1CCCCCC1. The van der Waals surface area contributed by atoms with Gasteiger partial charge in [-0.15, -0.1) is 0 Å². The molecule has 0 spiro atoms. The maximum atomic E-state index is 4.29. The van der Waals surface area contributed by atoms with Crippen molar-refractivity contribution in [2.45, 2.75) is 57.5 Å². The summed E-state index contributed by atoms with van der Waals surface area (Å²) in [6, 6.07) is 2.60. The number of hydrogen-bond acceptors (Lipinski definition) is 3. The summed E-state index contributed by atoms with van der Waals surface area (Å²) < 4.78 is 1.06. The summed E-state index contributed by atoms with van der Waals surface area (Å²) in [5.41, 5.74) is 1.44. The lowest BCUT2D eigenvalue weighted by atomic mass is 9.87. The first-order valence-electron chi connectivity index (χ1n) is 8.06. The van der Waals surface area contributed by atoms with Crippen molar-refractivity contribution in [1.82, 2.24) is 15.2 Å². The topological polar surface area (TPSA) is 28.2 Å². The second-order valence-electron chi connectivity index (χ2n) is 6.61. The van der Waals surface area contributed by atoms with Gasteiger partial charge in [-0.2, -0.15) is 0 Å². The summed E-state index contributed by atoms with van der Waals surface area (Å²) in [5, 5.41) is 3.54. The third-order valence-corrected chi connectivity index (χ3v) is 5.26. The van der Waals surface area contributed by atoms with E-state index >= 15 is 0 Å². The van der Waals surface area contributed by atoms with E-state index in [9.17, 15) is 0 Å². The van der Waals surface area contributed by atoms with E-state index in [0.717, 1.165) is 10.9 Å². The van der Waals surface area contributed by atoms with Gasteiger partial charge in [0.05, 0.1) is 0 Å². The maximum Gasteiger partial charge on any atom is 0.0410 e. The Labute approximate surface area is 137 Å². The molecule has 2 rings (SSSR count). The highest BCUT2D eigenvalue weighted by Crippen LogP contribution is 2.25. The van der Waals surface area contributed by atoms with E-state index in [0.29, 0.717) is 6.04 Å². The monoisotopic (exact) mass is 353 g/mol. The Balaban J connectivity index is 2.10. The van der Waals surface area contributed by atoms with Crippen LogP contribution in [0.1, 0.15) is 45.1 Å². The van der Waals surface area contributed by atoms with Gasteiger partial charge in [0.15, 0.2) is 0 Å². The van der Waals surface area contributed by atoms with Crippen LogP contribution in [0.15, 0.2) is 22.9 Å². The standard InChI is InChI=1S/C17H28BrN3/c1-17(2,21-8-6-4-5-7-9-21)16(19-3)11-14-10-15(18)13-20-12-14/h10,12-13,16,19H,4-9,11H2,1-3H3. The Morgan fingerprint density at radius 1 is 1.24 bits per heavy atom. The number of nitrogens with one attached hydrogen (secondary N) is 1. The molecule has 1 aliphatic heterocycles. The van der Waals surface area contributed by atoms with Crippen LogP contribution in [0.5, 0.6) is 0 Å². The van der Waals surface area contributed by atoms with E-state index in [1.54, 1.807) is 0 Å². The third-order valence-electron chi connectivity index (χ3n) is 4.82. The molecule has 1 aromatic rings. The zero-order chi connectivity index (χ0) is 15.3. The summed E-state index contributed by atoms with van der Waals surface area (Å²) in [4.78, 5) is 6.97. The molecule has 1 saturated heterocycles. The molecule has 0 aromatic carbocycles. The minimum atomic E-state index is 0.154. The molecule has 3 nitrogen and oxygen atoms in total. The number of halogens is 1. The van der Waals surface area contributed by atoms with Crippen LogP contribution in [0.25, 0.3) is 0 Å². The normalized spacial score (nSPS) is 19.2. The van der Waals surface area contributed by atoms with Crippen LogP contribution < -0.4 is 5.32 Å². The Morgan fingerprint density at radius 2 is 1.90 bits per heavy atom. The second-order valence-corrected chi connectivity index (χ2v) is 7.53. The van der Waals surface area contributed by atoms with Gasteiger partial charge in [-0.1, -0.05) is 12.8 Å². The fraction of sp³-hybridized carbons (Fsp3) is 0.706. The van der Waals surface area contributed by atoms with E-state index in [1.807, 2.05) is 12.4 Å². The molecule has 1 N–H and O–H groups in total. The lowest BCUT2D eigenvalue weighted by Crippen LogP contribution is -2.58. The van der Waals surface area contributed by atoms with Gasteiger partial charge in [0.25, 0.3) is 0 Å². The molecule has 0 amide bonds. The largest absolute Gasteiger partial charge is 0.315 e. The van der Waals surface area contributed by atoms with Gasteiger partial charge in [0, 0.05) is 28.4 Å². The predicted octanol–water partition coefficient (Wildman–Crippen LogP) is 3.63. The highest BCUT2D eigenvalue weighted by Gasteiger charge is 2.34. The highest BCUT2D eigenvalue weighted by molar-refractivity contribution is 9.10. The number of aromatic nitrogens is 1. The molecular formula is C17H28BrN3. The number of rotatable bonds is 5. The van der Waals surface area contributed by atoms with Crippen LogP contribution in [0.3, 0.4) is 0 Å². The molecule has 0 bridgehead atoms. The number of nitrogens with zero attached hydrogens (tertiary/aromatic N) is 2.